The fourth-order valence-electron chi connectivity index (χ4n) is 3.79. The topological polar surface area (TPSA) is 41.1 Å². The van der Waals surface area contributed by atoms with Gasteiger partial charge in [-0.15, -0.1) is 0 Å². The average Bonchev–Trinajstić information content (AvgIpc) is 3.45. The highest BCUT2D eigenvalue weighted by molar-refractivity contribution is 5.52. The number of anilines is 2. The first-order valence-electron chi connectivity index (χ1n) is 9.96. The predicted octanol–water partition coefficient (Wildman–Crippen LogP) is 4.91. The molecule has 1 aromatic carbocycles. The molecule has 2 aliphatic rings. The number of aromatic nitrogens is 2. The fourth-order valence-corrected chi connectivity index (χ4v) is 3.79. The van der Waals surface area contributed by atoms with Crippen molar-refractivity contribution in [1.82, 2.24) is 9.97 Å². The number of hydrogen-bond acceptors (Lipinski definition) is 4. The van der Waals surface area contributed by atoms with Gasteiger partial charge in [-0.25, -0.2) is 4.98 Å². The molecule has 2 heterocycles. The molecule has 4 rings (SSSR count). The molecule has 0 radical (unpaired) electrons. The van der Waals surface area contributed by atoms with Gasteiger partial charge in [-0.1, -0.05) is 31.2 Å². The zero-order valence-electron chi connectivity index (χ0n) is 16.4. The van der Waals surface area contributed by atoms with Crippen molar-refractivity contribution < 1.29 is 0 Å². The van der Waals surface area contributed by atoms with Gasteiger partial charge in [-0.3, -0.25) is 0 Å². The van der Waals surface area contributed by atoms with Gasteiger partial charge in [0.25, 0.3) is 0 Å². The van der Waals surface area contributed by atoms with Crippen molar-refractivity contribution in [3.8, 4) is 0 Å². The molecule has 2 aromatic rings. The molecule has 1 saturated carbocycles. The van der Waals surface area contributed by atoms with Crippen molar-refractivity contribution in [3.05, 3.63) is 47.2 Å². The van der Waals surface area contributed by atoms with Crippen LogP contribution < -0.4 is 10.2 Å². The summed E-state index contributed by atoms with van der Waals surface area (Å²) in [6.45, 7) is 9.93. The van der Waals surface area contributed by atoms with Crippen molar-refractivity contribution >= 4 is 11.8 Å². The first kappa shape index (κ1) is 17.3. The SMILES string of the molecule is CC[C@@H](C)Nc1nc(C2CC2)cc(N2Cc3ccccc3CC2(C)C)n1. The number of nitrogens with one attached hydrogen (secondary N) is 1. The van der Waals surface area contributed by atoms with Gasteiger partial charge in [0.05, 0.1) is 5.69 Å². The molecule has 1 N–H and O–H groups in total. The first-order valence-corrected chi connectivity index (χ1v) is 9.96. The monoisotopic (exact) mass is 350 g/mol. The quantitative estimate of drug-likeness (QED) is 0.832. The molecule has 1 aromatic heterocycles. The number of nitrogens with zero attached hydrogens (tertiary/aromatic N) is 3. The molecule has 1 aliphatic carbocycles. The molecule has 4 heteroatoms. The molecule has 138 valence electrons. The van der Waals surface area contributed by atoms with Crippen LogP contribution in [0.15, 0.2) is 30.3 Å². The van der Waals surface area contributed by atoms with E-state index in [4.69, 9.17) is 9.97 Å². The summed E-state index contributed by atoms with van der Waals surface area (Å²) in [5.41, 5.74) is 4.12. The molecule has 0 unspecified atom stereocenters. The highest BCUT2D eigenvalue weighted by Crippen LogP contribution is 2.42. The van der Waals surface area contributed by atoms with E-state index in [1.165, 1.54) is 29.7 Å². The van der Waals surface area contributed by atoms with E-state index in [1.807, 2.05) is 0 Å². The average molecular weight is 351 g/mol. The van der Waals surface area contributed by atoms with Crippen LogP contribution in [0.1, 0.15) is 69.7 Å². The van der Waals surface area contributed by atoms with E-state index in [-0.39, 0.29) is 5.54 Å². The number of benzene rings is 1. The van der Waals surface area contributed by atoms with E-state index in [0.29, 0.717) is 12.0 Å². The van der Waals surface area contributed by atoms with Crippen LogP contribution in [0.4, 0.5) is 11.8 Å². The maximum atomic E-state index is 4.93. The van der Waals surface area contributed by atoms with Gasteiger partial charge < -0.3 is 10.2 Å². The summed E-state index contributed by atoms with van der Waals surface area (Å²) >= 11 is 0. The van der Waals surface area contributed by atoms with E-state index in [1.54, 1.807) is 0 Å². The van der Waals surface area contributed by atoms with Crippen LogP contribution in [-0.2, 0) is 13.0 Å². The van der Waals surface area contributed by atoms with Gasteiger partial charge in [0.15, 0.2) is 0 Å². The van der Waals surface area contributed by atoms with Crippen LogP contribution >= 0.6 is 0 Å². The Morgan fingerprint density at radius 2 is 1.92 bits per heavy atom. The van der Waals surface area contributed by atoms with Crippen LogP contribution in [0, 0.1) is 0 Å². The minimum Gasteiger partial charge on any atom is -0.352 e. The molecule has 0 bridgehead atoms. The minimum atomic E-state index is 0.0389. The van der Waals surface area contributed by atoms with Crippen LogP contribution in [0.2, 0.25) is 0 Å². The molecule has 1 fully saturated rings. The molecule has 4 nitrogen and oxygen atoms in total. The second kappa shape index (κ2) is 6.57. The normalized spacial score (nSPS) is 19.8. The Balaban J connectivity index is 1.71. The molecule has 1 aliphatic heterocycles. The highest BCUT2D eigenvalue weighted by atomic mass is 15.3. The van der Waals surface area contributed by atoms with Gasteiger partial charge in [0.1, 0.15) is 5.82 Å². The summed E-state index contributed by atoms with van der Waals surface area (Å²) in [6.07, 6.45) is 4.62. The Morgan fingerprint density at radius 3 is 2.62 bits per heavy atom. The van der Waals surface area contributed by atoms with Gasteiger partial charge in [-0.05, 0) is 57.6 Å². The van der Waals surface area contributed by atoms with Gasteiger partial charge >= 0.3 is 0 Å². The zero-order valence-corrected chi connectivity index (χ0v) is 16.4. The summed E-state index contributed by atoms with van der Waals surface area (Å²) in [4.78, 5) is 12.2. The second-order valence-corrected chi connectivity index (χ2v) is 8.55. The third-order valence-corrected chi connectivity index (χ3v) is 5.79. The van der Waals surface area contributed by atoms with Gasteiger partial charge in [-0.2, -0.15) is 4.98 Å². The first-order chi connectivity index (χ1) is 12.5. The van der Waals surface area contributed by atoms with Crippen LogP contribution in [-0.4, -0.2) is 21.5 Å². The maximum absolute atomic E-state index is 4.93. The number of hydrogen-bond donors (Lipinski definition) is 1. The van der Waals surface area contributed by atoms with E-state index in [2.05, 4.69) is 68.2 Å². The largest absolute Gasteiger partial charge is 0.352 e. The molecule has 0 amide bonds. The standard InChI is InChI=1S/C22H30N4/c1-5-15(2)23-21-24-19(16-10-11-16)12-20(25-21)26-14-18-9-7-6-8-17(18)13-22(26,3)4/h6-9,12,15-16H,5,10-11,13-14H2,1-4H3,(H,23,24,25)/t15-/m1/s1. The maximum Gasteiger partial charge on any atom is 0.225 e. The lowest BCUT2D eigenvalue weighted by molar-refractivity contribution is 0.427. The molecule has 26 heavy (non-hydrogen) atoms. The molecular formula is C22H30N4. The van der Waals surface area contributed by atoms with E-state index in [9.17, 15) is 0 Å². The highest BCUT2D eigenvalue weighted by Gasteiger charge is 2.35. The second-order valence-electron chi connectivity index (χ2n) is 8.55. The fraction of sp³-hybridized carbons (Fsp3) is 0.545. The lowest BCUT2D eigenvalue weighted by Gasteiger charge is -2.44. The van der Waals surface area contributed by atoms with Crippen molar-refractivity contribution in [3.63, 3.8) is 0 Å². The van der Waals surface area contributed by atoms with Gasteiger partial charge in [0, 0.05) is 30.1 Å². The van der Waals surface area contributed by atoms with Crippen molar-refractivity contribution in [2.24, 2.45) is 0 Å². The molecule has 0 spiro atoms. The number of fused-ring (bicyclic) bond motifs is 1. The van der Waals surface area contributed by atoms with Crippen molar-refractivity contribution in [1.29, 1.82) is 0 Å². The minimum absolute atomic E-state index is 0.0389. The Labute approximate surface area is 157 Å². The van der Waals surface area contributed by atoms with Crippen molar-refractivity contribution in [2.45, 2.75) is 77.4 Å². The molecule has 1 atom stereocenters. The lowest BCUT2D eigenvalue weighted by atomic mass is 9.85. The number of rotatable bonds is 5. The van der Waals surface area contributed by atoms with Crippen molar-refractivity contribution in [2.75, 3.05) is 10.2 Å². The smallest absolute Gasteiger partial charge is 0.225 e. The van der Waals surface area contributed by atoms with Crippen LogP contribution in [0.3, 0.4) is 0 Å². The summed E-state index contributed by atoms with van der Waals surface area (Å²) in [5.74, 6) is 2.47. The van der Waals surface area contributed by atoms with Crippen LogP contribution in [0.25, 0.3) is 0 Å². The lowest BCUT2D eigenvalue weighted by Crippen LogP contribution is -2.49. The van der Waals surface area contributed by atoms with Gasteiger partial charge in [0.2, 0.25) is 5.95 Å². The Bertz CT molecular complexity index is 794. The summed E-state index contributed by atoms with van der Waals surface area (Å²) in [5, 5.41) is 3.49. The Kier molecular flexibility index (Phi) is 4.37. The Hall–Kier alpha value is -2.10. The zero-order chi connectivity index (χ0) is 18.3. The van der Waals surface area contributed by atoms with E-state index < -0.39 is 0 Å². The van der Waals surface area contributed by atoms with Crippen LogP contribution in [0.5, 0.6) is 0 Å². The Morgan fingerprint density at radius 1 is 1.19 bits per heavy atom. The van der Waals surface area contributed by atoms with E-state index >= 15 is 0 Å². The molecular weight excluding hydrogens is 320 g/mol. The van der Waals surface area contributed by atoms with E-state index in [0.717, 1.165) is 31.2 Å². The molecule has 0 saturated heterocycles. The third-order valence-electron chi connectivity index (χ3n) is 5.79. The summed E-state index contributed by atoms with van der Waals surface area (Å²) < 4.78 is 0. The third kappa shape index (κ3) is 3.42. The predicted molar refractivity (Wildman–Crippen MR) is 108 cm³/mol. The summed E-state index contributed by atoms with van der Waals surface area (Å²) in [6, 6.07) is 11.4. The summed E-state index contributed by atoms with van der Waals surface area (Å²) in [7, 11) is 0.